The lowest BCUT2D eigenvalue weighted by Crippen LogP contribution is -2.41. The quantitative estimate of drug-likeness (QED) is 0.840. The number of carboxylic acid groups (broad SMARTS) is 1. The molecule has 2 fully saturated rings. The highest BCUT2D eigenvalue weighted by Crippen LogP contribution is 2.44. The molecule has 1 aromatic rings. The smallest absolute Gasteiger partial charge is 0.312 e. The van der Waals surface area contributed by atoms with Gasteiger partial charge in [0.05, 0.1) is 22.9 Å². The Hall–Kier alpha value is -1.03. The summed E-state index contributed by atoms with van der Waals surface area (Å²) in [5.74, 6) is -1.06. The fourth-order valence-electron chi connectivity index (χ4n) is 3.48. The molecular weight excluding hydrogens is 326 g/mol. The Balaban J connectivity index is 1.79. The molecule has 9 heteroatoms. The molecule has 0 radical (unpaired) electrons. The summed E-state index contributed by atoms with van der Waals surface area (Å²) in [6.45, 7) is 3.99. The van der Waals surface area contributed by atoms with Crippen molar-refractivity contribution in [3.63, 3.8) is 0 Å². The monoisotopic (exact) mass is 345 g/mol. The van der Waals surface area contributed by atoms with Crippen molar-refractivity contribution >= 4 is 27.3 Å². The van der Waals surface area contributed by atoms with Gasteiger partial charge < -0.3 is 5.11 Å². The van der Waals surface area contributed by atoms with Crippen LogP contribution in [0.25, 0.3) is 0 Å². The van der Waals surface area contributed by atoms with E-state index < -0.39 is 21.4 Å². The maximum atomic E-state index is 11.8. The van der Waals surface area contributed by atoms with E-state index >= 15 is 0 Å². The minimum atomic E-state index is -3.35. The molecule has 0 aromatic carbocycles. The van der Waals surface area contributed by atoms with Crippen molar-refractivity contribution in [1.82, 2.24) is 14.2 Å². The number of sulfonamides is 1. The molecule has 1 aromatic heterocycles. The third kappa shape index (κ3) is 2.55. The van der Waals surface area contributed by atoms with Crippen molar-refractivity contribution in [2.45, 2.75) is 13.5 Å². The number of aromatic nitrogens is 1. The summed E-state index contributed by atoms with van der Waals surface area (Å²) < 4.78 is 24.8. The summed E-state index contributed by atoms with van der Waals surface area (Å²) in [5.41, 5.74) is 1.78. The van der Waals surface area contributed by atoms with Crippen LogP contribution in [-0.4, -0.2) is 66.1 Å². The molecule has 0 bridgehead atoms. The zero-order valence-corrected chi connectivity index (χ0v) is 14.2. The summed E-state index contributed by atoms with van der Waals surface area (Å²) in [6.07, 6.45) is 1.14. The standard InChI is InChI=1S/C13H19N3O4S2/c1-9-11(21-8-14-9)5-15-3-10-4-16(22(2,19)20)7-13(10,6-15)12(17)18/h8,10H,3-7H2,1-2H3,(H,17,18)/t10-,13-/m1/s1. The number of aryl methyl sites for hydroxylation is 1. The fourth-order valence-corrected chi connectivity index (χ4v) is 5.21. The number of likely N-dealkylation sites (tertiary alicyclic amines) is 1. The van der Waals surface area contributed by atoms with Crippen molar-refractivity contribution in [2.75, 3.05) is 32.4 Å². The second-order valence-corrected chi connectivity index (χ2v) is 9.17. The first kappa shape index (κ1) is 15.9. The molecule has 0 aliphatic carbocycles. The normalized spacial score (nSPS) is 29.8. The van der Waals surface area contributed by atoms with E-state index in [9.17, 15) is 18.3 Å². The first-order chi connectivity index (χ1) is 10.2. The highest BCUT2D eigenvalue weighted by atomic mass is 32.2. The molecule has 1 N–H and O–H groups in total. The molecule has 3 rings (SSSR count). The number of carboxylic acids is 1. The summed E-state index contributed by atoms with van der Waals surface area (Å²) >= 11 is 1.57. The van der Waals surface area contributed by atoms with Crippen LogP contribution in [0.3, 0.4) is 0 Å². The fraction of sp³-hybridized carbons (Fsp3) is 0.692. The predicted molar refractivity (Wildman–Crippen MR) is 82.1 cm³/mol. The number of hydrogen-bond donors (Lipinski definition) is 1. The molecule has 0 spiro atoms. The van der Waals surface area contributed by atoms with Gasteiger partial charge >= 0.3 is 5.97 Å². The Bertz CT molecular complexity index is 702. The van der Waals surface area contributed by atoms with E-state index in [0.717, 1.165) is 16.8 Å². The molecule has 2 saturated heterocycles. The van der Waals surface area contributed by atoms with Gasteiger partial charge in [0.15, 0.2) is 0 Å². The lowest BCUT2D eigenvalue weighted by atomic mass is 9.81. The van der Waals surface area contributed by atoms with E-state index in [0.29, 0.717) is 26.2 Å². The maximum absolute atomic E-state index is 11.8. The van der Waals surface area contributed by atoms with Crippen molar-refractivity contribution < 1.29 is 18.3 Å². The van der Waals surface area contributed by atoms with Gasteiger partial charge in [-0.2, -0.15) is 0 Å². The second kappa shape index (κ2) is 5.26. The van der Waals surface area contributed by atoms with Gasteiger partial charge in [0.25, 0.3) is 0 Å². The van der Waals surface area contributed by atoms with Crippen LogP contribution in [0.4, 0.5) is 0 Å². The summed E-state index contributed by atoms with van der Waals surface area (Å²) in [4.78, 5) is 19.3. The van der Waals surface area contributed by atoms with Crippen LogP contribution >= 0.6 is 11.3 Å². The van der Waals surface area contributed by atoms with E-state index in [1.807, 2.05) is 6.92 Å². The zero-order chi connectivity index (χ0) is 16.1. The second-order valence-electron chi connectivity index (χ2n) is 6.24. The van der Waals surface area contributed by atoms with Crippen molar-refractivity contribution in [3.05, 3.63) is 16.1 Å². The van der Waals surface area contributed by atoms with Gasteiger partial charge in [-0.1, -0.05) is 0 Å². The van der Waals surface area contributed by atoms with Gasteiger partial charge in [-0.3, -0.25) is 9.69 Å². The zero-order valence-electron chi connectivity index (χ0n) is 12.5. The SMILES string of the molecule is Cc1ncsc1CN1C[C@@H]2CN(S(C)(=O)=O)C[C@]2(C(=O)O)C1. The van der Waals surface area contributed by atoms with Gasteiger partial charge in [-0.05, 0) is 6.92 Å². The van der Waals surface area contributed by atoms with Crippen LogP contribution in [0.15, 0.2) is 5.51 Å². The molecular formula is C13H19N3O4S2. The van der Waals surface area contributed by atoms with Gasteiger partial charge in [0.2, 0.25) is 10.0 Å². The van der Waals surface area contributed by atoms with Crippen LogP contribution in [0, 0.1) is 18.3 Å². The Morgan fingerprint density at radius 3 is 2.73 bits per heavy atom. The molecule has 2 atom stereocenters. The first-order valence-corrected chi connectivity index (χ1v) is 9.75. The number of aliphatic carboxylic acids is 1. The van der Waals surface area contributed by atoms with E-state index in [2.05, 4.69) is 9.88 Å². The lowest BCUT2D eigenvalue weighted by Gasteiger charge is -2.24. The van der Waals surface area contributed by atoms with Crippen LogP contribution in [0.2, 0.25) is 0 Å². The van der Waals surface area contributed by atoms with Gasteiger partial charge in [-0.15, -0.1) is 11.3 Å². The lowest BCUT2D eigenvalue weighted by molar-refractivity contribution is -0.148. The van der Waals surface area contributed by atoms with Crippen LogP contribution in [-0.2, 0) is 21.4 Å². The number of nitrogens with zero attached hydrogens (tertiary/aromatic N) is 3. The van der Waals surface area contributed by atoms with Gasteiger partial charge in [-0.25, -0.2) is 17.7 Å². The molecule has 122 valence electrons. The van der Waals surface area contributed by atoms with Crippen LogP contribution in [0.1, 0.15) is 10.6 Å². The number of rotatable bonds is 4. The average molecular weight is 345 g/mol. The van der Waals surface area contributed by atoms with Crippen molar-refractivity contribution in [2.24, 2.45) is 11.3 Å². The Labute approximate surface area is 133 Å². The topological polar surface area (TPSA) is 90.8 Å². The minimum Gasteiger partial charge on any atom is -0.481 e. The number of hydrogen-bond acceptors (Lipinski definition) is 6. The average Bonchev–Trinajstić information content (AvgIpc) is 3.02. The Morgan fingerprint density at radius 2 is 2.23 bits per heavy atom. The molecule has 0 amide bonds. The summed E-state index contributed by atoms with van der Waals surface area (Å²) in [5, 5.41) is 9.70. The first-order valence-electron chi connectivity index (χ1n) is 7.02. The predicted octanol–water partition coefficient (Wildman–Crippen LogP) is 0.230. The van der Waals surface area contributed by atoms with Gasteiger partial charge in [0.1, 0.15) is 0 Å². The van der Waals surface area contributed by atoms with Crippen LogP contribution in [0.5, 0.6) is 0 Å². The number of fused-ring (bicyclic) bond motifs is 1. The number of thiazole rings is 1. The molecule has 7 nitrogen and oxygen atoms in total. The van der Waals surface area contributed by atoms with Crippen molar-refractivity contribution in [3.8, 4) is 0 Å². The molecule has 0 unspecified atom stereocenters. The third-order valence-electron chi connectivity index (χ3n) is 4.76. The van der Waals surface area contributed by atoms with E-state index in [1.54, 1.807) is 16.8 Å². The van der Waals surface area contributed by atoms with E-state index in [4.69, 9.17) is 0 Å². The molecule has 22 heavy (non-hydrogen) atoms. The molecule has 3 heterocycles. The third-order valence-corrected chi connectivity index (χ3v) is 6.89. The largest absolute Gasteiger partial charge is 0.481 e. The van der Waals surface area contributed by atoms with E-state index in [-0.39, 0.29) is 12.5 Å². The summed E-state index contributed by atoms with van der Waals surface area (Å²) in [6, 6.07) is 0. The number of carbonyl (C=O) groups is 1. The van der Waals surface area contributed by atoms with Crippen molar-refractivity contribution in [1.29, 1.82) is 0 Å². The highest BCUT2D eigenvalue weighted by molar-refractivity contribution is 7.88. The maximum Gasteiger partial charge on any atom is 0.312 e. The Kier molecular flexibility index (Phi) is 3.79. The van der Waals surface area contributed by atoms with Gasteiger partial charge in [0, 0.05) is 43.5 Å². The van der Waals surface area contributed by atoms with Crippen LogP contribution < -0.4 is 0 Å². The molecule has 2 aliphatic rings. The summed E-state index contributed by atoms with van der Waals surface area (Å²) in [7, 11) is -3.35. The Morgan fingerprint density at radius 1 is 1.50 bits per heavy atom. The minimum absolute atomic E-state index is 0.0734. The molecule has 2 aliphatic heterocycles. The van der Waals surface area contributed by atoms with E-state index in [1.165, 1.54) is 4.31 Å². The molecule has 0 saturated carbocycles. The highest BCUT2D eigenvalue weighted by Gasteiger charge is 2.59.